The Kier molecular flexibility index (Phi) is 6.42. The van der Waals surface area contributed by atoms with Crippen molar-refractivity contribution >= 4 is 40.2 Å². The van der Waals surface area contributed by atoms with Gasteiger partial charge in [-0.2, -0.15) is 0 Å². The van der Waals surface area contributed by atoms with Crippen LogP contribution in [0, 0.1) is 0 Å². The fraction of sp³-hybridized carbons (Fsp3) is 0.727. The number of rotatable bonds is 6. The third-order valence-electron chi connectivity index (χ3n) is 2.39. The van der Waals surface area contributed by atoms with Gasteiger partial charge in [0, 0.05) is 5.75 Å². The van der Waals surface area contributed by atoms with Gasteiger partial charge in [-0.05, 0) is 13.8 Å². The molecule has 1 rings (SSSR count). The number of thiocarbonyl (C=S) groups is 1. The summed E-state index contributed by atoms with van der Waals surface area (Å²) in [4.78, 5) is 24.6. The molecule has 0 aliphatic carbocycles. The summed E-state index contributed by atoms with van der Waals surface area (Å²) in [6.07, 6.45) is 0.250. The molecule has 5 nitrogen and oxygen atoms in total. The Morgan fingerprint density at radius 3 is 2.56 bits per heavy atom. The molecular formula is C11H17NO4S2. The zero-order chi connectivity index (χ0) is 13.5. The van der Waals surface area contributed by atoms with E-state index in [2.05, 4.69) is 0 Å². The molecule has 0 radical (unpaired) electrons. The molecule has 0 N–H and O–H groups in total. The van der Waals surface area contributed by atoms with E-state index < -0.39 is 0 Å². The van der Waals surface area contributed by atoms with Crippen molar-refractivity contribution in [3.8, 4) is 0 Å². The first kappa shape index (κ1) is 15.2. The Morgan fingerprint density at radius 1 is 1.33 bits per heavy atom. The van der Waals surface area contributed by atoms with Gasteiger partial charge in [0.15, 0.2) is 0 Å². The molecule has 1 saturated heterocycles. The number of carbonyl (C=O) groups excluding carboxylic acids is 2. The van der Waals surface area contributed by atoms with Crippen LogP contribution in [0.15, 0.2) is 0 Å². The van der Waals surface area contributed by atoms with Gasteiger partial charge in [-0.25, -0.2) is 0 Å². The Labute approximate surface area is 116 Å². The molecule has 102 valence electrons. The van der Waals surface area contributed by atoms with Gasteiger partial charge >= 0.3 is 11.9 Å². The van der Waals surface area contributed by atoms with Crippen molar-refractivity contribution in [1.29, 1.82) is 0 Å². The molecule has 1 unspecified atom stereocenters. The molecule has 0 saturated carbocycles. The van der Waals surface area contributed by atoms with Crippen molar-refractivity contribution < 1.29 is 19.1 Å². The maximum atomic E-state index is 11.5. The quantitative estimate of drug-likeness (QED) is 0.538. The Balaban J connectivity index is 2.53. The minimum atomic E-state index is -0.323. The molecule has 1 atom stereocenters. The lowest BCUT2D eigenvalue weighted by atomic mass is 10.2. The number of ether oxygens (including phenoxy) is 2. The summed E-state index contributed by atoms with van der Waals surface area (Å²) in [5.74, 6) is 0.120. The van der Waals surface area contributed by atoms with Crippen LogP contribution in [0.3, 0.4) is 0 Å². The number of hydrogen-bond donors (Lipinski definition) is 0. The van der Waals surface area contributed by atoms with Gasteiger partial charge in [0.05, 0.1) is 25.7 Å². The van der Waals surface area contributed by atoms with Crippen molar-refractivity contribution in [2.24, 2.45) is 0 Å². The van der Waals surface area contributed by atoms with Crippen LogP contribution in [0.4, 0.5) is 0 Å². The highest BCUT2D eigenvalue weighted by molar-refractivity contribution is 8.23. The van der Waals surface area contributed by atoms with Crippen molar-refractivity contribution in [3.63, 3.8) is 0 Å². The van der Waals surface area contributed by atoms with E-state index in [4.69, 9.17) is 21.7 Å². The van der Waals surface area contributed by atoms with E-state index in [0.29, 0.717) is 23.3 Å². The average molecular weight is 291 g/mol. The summed E-state index contributed by atoms with van der Waals surface area (Å²) in [6, 6.07) is -0.0778. The second-order valence-electron chi connectivity index (χ2n) is 3.67. The second kappa shape index (κ2) is 7.58. The normalized spacial score (nSPS) is 18.9. The maximum absolute atomic E-state index is 11.5. The number of carbonyl (C=O) groups is 2. The van der Waals surface area contributed by atoms with Gasteiger partial charge in [0.25, 0.3) is 0 Å². The van der Waals surface area contributed by atoms with E-state index >= 15 is 0 Å². The third-order valence-corrected chi connectivity index (χ3v) is 4.01. The summed E-state index contributed by atoms with van der Waals surface area (Å²) in [6.45, 7) is 4.33. The maximum Gasteiger partial charge on any atom is 0.325 e. The van der Waals surface area contributed by atoms with E-state index in [1.807, 2.05) is 0 Å². The standard InChI is InChI=1S/C11H17NO4S2/c1-3-15-9(13)5-8-7-18-11(17)12(8)6-10(14)16-4-2/h8H,3-7H2,1-2H3. The van der Waals surface area contributed by atoms with Gasteiger partial charge < -0.3 is 14.4 Å². The Hall–Kier alpha value is -0.820. The van der Waals surface area contributed by atoms with Crippen LogP contribution in [-0.4, -0.2) is 52.7 Å². The third kappa shape index (κ3) is 4.45. The first-order chi connectivity index (χ1) is 8.58. The first-order valence-corrected chi connectivity index (χ1v) is 7.22. The zero-order valence-electron chi connectivity index (χ0n) is 10.5. The van der Waals surface area contributed by atoms with Crippen LogP contribution in [0.2, 0.25) is 0 Å². The van der Waals surface area contributed by atoms with Crippen molar-refractivity contribution in [3.05, 3.63) is 0 Å². The number of hydrogen-bond acceptors (Lipinski definition) is 6. The van der Waals surface area contributed by atoms with Gasteiger partial charge in [0.1, 0.15) is 10.9 Å². The number of esters is 2. The highest BCUT2D eigenvalue weighted by Crippen LogP contribution is 2.26. The predicted octanol–water partition coefficient (Wildman–Crippen LogP) is 1.20. The molecule has 18 heavy (non-hydrogen) atoms. The van der Waals surface area contributed by atoms with Crippen molar-refractivity contribution in [1.82, 2.24) is 4.90 Å². The second-order valence-corrected chi connectivity index (χ2v) is 5.33. The lowest BCUT2D eigenvalue weighted by Crippen LogP contribution is -2.39. The summed E-state index contributed by atoms with van der Waals surface area (Å²) >= 11 is 6.64. The van der Waals surface area contributed by atoms with E-state index in [1.165, 1.54) is 11.8 Å². The molecule has 0 spiro atoms. The topological polar surface area (TPSA) is 55.8 Å². The summed E-state index contributed by atoms with van der Waals surface area (Å²) < 4.78 is 10.4. The molecule has 1 heterocycles. The first-order valence-electron chi connectivity index (χ1n) is 5.83. The fourth-order valence-corrected chi connectivity index (χ4v) is 3.04. The Morgan fingerprint density at radius 2 is 1.94 bits per heavy atom. The molecular weight excluding hydrogens is 274 g/mol. The smallest absolute Gasteiger partial charge is 0.325 e. The molecule has 1 aliphatic rings. The minimum Gasteiger partial charge on any atom is -0.466 e. The highest BCUT2D eigenvalue weighted by atomic mass is 32.2. The van der Waals surface area contributed by atoms with E-state index in [1.54, 1.807) is 18.7 Å². The number of nitrogens with zero attached hydrogens (tertiary/aromatic N) is 1. The molecule has 0 aromatic heterocycles. The minimum absolute atomic E-state index is 0.0778. The fourth-order valence-electron chi connectivity index (χ4n) is 1.61. The van der Waals surface area contributed by atoms with Gasteiger partial charge in [0.2, 0.25) is 0 Å². The van der Waals surface area contributed by atoms with Crippen LogP contribution in [0.25, 0.3) is 0 Å². The monoisotopic (exact) mass is 291 g/mol. The largest absolute Gasteiger partial charge is 0.466 e. The molecule has 7 heteroatoms. The predicted molar refractivity (Wildman–Crippen MR) is 73.4 cm³/mol. The molecule has 0 bridgehead atoms. The van der Waals surface area contributed by atoms with Crippen LogP contribution < -0.4 is 0 Å². The van der Waals surface area contributed by atoms with Crippen LogP contribution in [0.5, 0.6) is 0 Å². The highest BCUT2D eigenvalue weighted by Gasteiger charge is 2.32. The molecule has 1 aliphatic heterocycles. The molecule has 1 fully saturated rings. The summed E-state index contributed by atoms with van der Waals surface area (Å²) in [7, 11) is 0. The zero-order valence-corrected chi connectivity index (χ0v) is 12.1. The molecule has 0 amide bonds. The van der Waals surface area contributed by atoms with Crippen LogP contribution in [-0.2, 0) is 19.1 Å². The number of thioether (sulfide) groups is 1. The lowest BCUT2D eigenvalue weighted by Gasteiger charge is -2.23. The SMILES string of the molecule is CCOC(=O)CC1CSC(=S)N1CC(=O)OCC. The van der Waals surface area contributed by atoms with Crippen LogP contribution in [0.1, 0.15) is 20.3 Å². The van der Waals surface area contributed by atoms with Gasteiger partial charge in [-0.3, -0.25) is 9.59 Å². The van der Waals surface area contributed by atoms with E-state index in [0.717, 1.165) is 0 Å². The lowest BCUT2D eigenvalue weighted by molar-refractivity contribution is -0.147. The Bertz CT molecular complexity index is 335. The van der Waals surface area contributed by atoms with Crippen molar-refractivity contribution in [2.75, 3.05) is 25.5 Å². The summed E-state index contributed by atoms with van der Waals surface area (Å²) in [5, 5.41) is 0. The van der Waals surface area contributed by atoms with E-state index in [9.17, 15) is 9.59 Å². The van der Waals surface area contributed by atoms with Gasteiger partial charge in [-0.15, -0.1) is 0 Å². The summed E-state index contributed by atoms with van der Waals surface area (Å²) in [5.41, 5.74) is 0. The van der Waals surface area contributed by atoms with Crippen molar-refractivity contribution in [2.45, 2.75) is 26.3 Å². The van der Waals surface area contributed by atoms with Crippen LogP contribution >= 0.6 is 24.0 Å². The van der Waals surface area contributed by atoms with Gasteiger partial charge in [-0.1, -0.05) is 24.0 Å². The molecule has 0 aromatic carbocycles. The van der Waals surface area contributed by atoms with E-state index in [-0.39, 0.29) is 30.9 Å². The average Bonchev–Trinajstić information content (AvgIpc) is 2.62. The molecule has 0 aromatic rings.